The van der Waals surface area contributed by atoms with Crippen molar-refractivity contribution in [2.24, 2.45) is 4.99 Å². The van der Waals surface area contributed by atoms with Crippen LogP contribution in [0.3, 0.4) is 0 Å². The minimum atomic E-state index is -0.0602. The number of aliphatic imine (C=N–C) groups is 1. The smallest absolute Gasteiger partial charge is 0.274 e. The van der Waals surface area contributed by atoms with E-state index in [1.54, 1.807) is 23.8 Å². The molecule has 1 amide bonds. The molecule has 32 heavy (non-hydrogen) atoms. The van der Waals surface area contributed by atoms with Gasteiger partial charge in [-0.25, -0.2) is 4.99 Å². The maximum Gasteiger partial charge on any atom is 0.274 e. The zero-order valence-electron chi connectivity index (χ0n) is 17.9. The number of hydrogen-bond acceptors (Lipinski definition) is 6. The van der Waals surface area contributed by atoms with Gasteiger partial charge in [-0.05, 0) is 72.8 Å². The number of methoxy groups -OCH3 is 1. The quantitative estimate of drug-likeness (QED) is 0.438. The summed E-state index contributed by atoms with van der Waals surface area (Å²) < 4.78 is 5.25. The number of thioether (sulfide) groups is 2. The number of hydrogen-bond donors (Lipinski definition) is 0. The maximum atomic E-state index is 13.7. The number of ether oxygens (including phenoxy) is 1. The highest BCUT2D eigenvalue weighted by Crippen LogP contribution is 2.50. The van der Waals surface area contributed by atoms with Crippen molar-refractivity contribution in [1.29, 1.82) is 0 Å². The van der Waals surface area contributed by atoms with Gasteiger partial charge in [0, 0.05) is 11.9 Å². The van der Waals surface area contributed by atoms with Crippen LogP contribution in [0.25, 0.3) is 0 Å². The van der Waals surface area contributed by atoms with Crippen molar-refractivity contribution in [3.8, 4) is 5.75 Å². The molecule has 0 saturated carbocycles. The molecule has 0 aromatic heterocycles. The molecular weight excluding hydrogens is 438 g/mol. The zero-order chi connectivity index (χ0) is 22.2. The van der Waals surface area contributed by atoms with Gasteiger partial charge in [0.25, 0.3) is 5.91 Å². The summed E-state index contributed by atoms with van der Waals surface area (Å²) in [5.41, 5.74) is 3.77. The fourth-order valence-electron chi connectivity index (χ4n) is 3.64. The summed E-state index contributed by atoms with van der Waals surface area (Å²) in [6.07, 6.45) is 0. The number of benzene rings is 3. The van der Waals surface area contributed by atoms with E-state index in [-0.39, 0.29) is 5.91 Å². The molecule has 0 radical (unpaired) electrons. The van der Waals surface area contributed by atoms with Gasteiger partial charge in [-0.2, -0.15) is 0 Å². The van der Waals surface area contributed by atoms with Gasteiger partial charge in [0.05, 0.1) is 29.2 Å². The number of nitrogens with zero attached hydrogens (tertiary/aromatic N) is 3. The van der Waals surface area contributed by atoms with E-state index in [9.17, 15) is 4.79 Å². The van der Waals surface area contributed by atoms with E-state index >= 15 is 0 Å². The van der Waals surface area contributed by atoms with Gasteiger partial charge >= 0.3 is 0 Å². The molecule has 5 nitrogen and oxygen atoms in total. The third-order valence-electron chi connectivity index (χ3n) is 5.27. The third kappa shape index (κ3) is 3.67. The van der Waals surface area contributed by atoms with Crippen molar-refractivity contribution in [1.82, 2.24) is 0 Å². The van der Waals surface area contributed by atoms with Crippen LogP contribution >= 0.6 is 23.5 Å². The number of anilines is 2. The Labute approximate surface area is 195 Å². The highest BCUT2D eigenvalue weighted by atomic mass is 32.2. The number of amidine groups is 1. The van der Waals surface area contributed by atoms with Crippen molar-refractivity contribution < 1.29 is 9.53 Å². The summed E-state index contributed by atoms with van der Waals surface area (Å²) in [7, 11) is 3.64. The van der Waals surface area contributed by atoms with E-state index in [4.69, 9.17) is 9.73 Å². The lowest BCUT2D eigenvalue weighted by Gasteiger charge is -2.17. The van der Waals surface area contributed by atoms with Gasteiger partial charge in [0.2, 0.25) is 0 Å². The third-order valence-corrected chi connectivity index (χ3v) is 7.67. The highest BCUT2D eigenvalue weighted by Gasteiger charge is 2.40. The van der Waals surface area contributed by atoms with Crippen LogP contribution in [0.4, 0.5) is 17.1 Å². The largest absolute Gasteiger partial charge is 0.497 e. The minimum absolute atomic E-state index is 0.0602. The van der Waals surface area contributed by atoms with Gasteiger partial charge in [0.15, 0.2) is 5.17 Å². The topological polar surface area (TPSA) is 45.1 Å². The first kappa shape index (κ1) is 20.7. The molecule has 5 rings (SSSR count). The van der Waals surface area contributed by atoms with E-state index in [2.05, 4.69) is 17.0 Å². The lowest BCUT2D eigenvalue weighted by molar-refractivity contribution is -0.113. The number of para-hydroxylation sites is 1. The molecule has 2 aliphatic heterocycles. The fraction of sp³-hybridized carbons (Fsp3) is 0.120. The average molecular weight is 460 g/mol. The van der Waals surface area contributed by atoms with Gasteiger partial charge in [-0.1, -0.05) is 36.0 Å². The summed E-state index contributed by atoms with van der Waals surface area (Å²) in [5, 5.41) is 1.57. The SMILES string of the molecule is COc1ccc(N=C2S/C(=C3\Sc4ccccc4N3C)C(=O)N2c2cccc(C)c2)cc1. The molecule has 3 aromatic carbocycles. The second-order valence-corrected chi connectivity index (χ2v) is 9.45. The monoisotopic (exact) mass is 459 g/mol. The first-order valence-corrected chi connectivity index (χ1v) is 11.7. The molecule has 2 heterocycles. The zero-order valence-corrected chi connectivity index (χ0v) is 19.5. The summed E-state index contributed by atoms with van der Waals surface area (Å²) in [4.78, 5) is 24.2. The average Bonchev–Trinajstić information content (AvgIpc) is 3.30. The Bertz CT molecular complexity index is 1270. The molecule has 1 saturated heterocycles. The number of aryl methyl sites for hydroxylation is 1. The lowest BCUT2D eigenvalue weighted by Crippen LogP contribution is -2.29. The standard InChI is InChI=1S/C25H21N3O2S2/c1-16-7-6-8-18(15-16)28-23(29)22(24-27(2)20-9-4-5-10-21(20)31-24)32-25(28)26-17-11-13-19(30-3)14-12-17/h4-15H,1-3H3/b24-22-,26-25?. The van der Waals surface area contributed by atoms with Gasteiger partial charge in [-0.3, -0.25) is 9.69 Å². The molecular formula is C25H21N3O2S2. The summed E-state index contributed by atoms with van der Waals surface area (Å²) in [6.45, 7) is 2.02. The Morgan fingerprint density at radius 2 is 1.72 bits per heavy atom. The first-order chi connectivity index (χ1) is 15.5. The van der Waals surface area contributed by atoms with Crippen LogP contribution in [0.15, 0.2) is 92.6 Å². The molecule has 0 spiro atoms. The predicted molar refractivity (Wildman–Crippen MR) is 134 cm³/mol. The Balaban J connectivity index is 1.60. The van der Waals surface area contributed by atoms with Crippen LogP contribution < -0.4 is 14.5 Å². The van der Waals surface area contributed by atoms with Gasteiger partial charge in [-0.15, -0.1) is 0 Å². The lowest BCUT2D eigenvalue weighted by atomic mass is 10.2. The number of carbonyl (C=O) groups is 1. The van der Waals surface area contributed by atoms with E-state index in [0.717, 1.165) is 38.3 Å². The van der Waals surface area contributed by atoms with Crippen molar-refractivity contribution in [3.05, 3.63) is 88.3 Å². The number of carbonyl (C=O) groups excluding carboxylic acids is 1. The number of rotatable bonds is 3. The summed E-state index contributed by atoms with van der Waals surface area (Å²) in [6, 6.07) is 23.7. The van der Waals surface area contributed by atoms with Crippen LogP contribution in [-0.2, 0) is 4.79 Å². The Hall–Kier alpha value is -3.16. The second-order valence-electron chi connectivity index (χ2n) is 7.44. The van der Waals surface area contributed by atoms with Crippen molar-refractivity contribution in [3.63, 3.8) is 0 Å². The first-order valence-electron chi connectivity index (χ1n) is 10.1. The van der Waals surface area contributed by atoms with Crippen LogP contribution in [0.5, 0.6) is 5.75 Å². The molecule has 0 atom stereocenters. The summed E-state index contributed by atoms with van der Waals surface area (Å²) in [5.74, 6) is 0.708. The normalized spacial score (nSPS) is 19.1. The molecule has 0 unspecified atom stereocenters. The van der Waals surface area contributed by atoms with E-state index in [1.807, 2.05) is 74.6 Å². The van der Waals surface area contributed by atoms with E-state index in [0.29, 0.717) is 10.1 Å². The van der Waals surface area contributed by atoms with Crippen molar-refractivity contribution in [2.45, 2.75) is 11.8 Å². The molecule has 1 fully saturated rings. The number of fused-ring (bicyclic) bond motifs is 1. The fourth-order valence-corrected chi connectivity index (χ4v) is 5.99. The Kier molecular flexibility index (Phi) is 5.45. The molecule has 0 bridgehead atoms. The van der Waals surface area contributed by atoms with E-state index < -0.39 is 0 Å². The minimum Gasteiger partial charge on any atom is -0.497 e. The van der Waals surface area contributed by atoms with Gasteiger partial charge in [0.1, 0.15) is 10.7 Å². The van der Waals surface area contributed by atoms with Crippen molar-refractivity contribution in [2.75, 3.05) is 24.0 Å². The molecule has 3 aromatic rings. The predicted octanol–water partition coefficient (Wildman–Crippen LogP) is 6.18. The highest BCUT2D eigenvalue weighted by molar-refractivity contribution is 8.20. The molecule has 2 aliphatic rings. The molecule has 160 valence electrons. The molecule has 7 heteroatoms. The van der Waals surface area contributed by atoms with Crippen LogP contribution in [-0.4, -0.2) is 25.2 Å². The molecule has 0 aliphatic carbocycles. The van der Waals surface area contributed by atoms with E-state index in [1.165, 1.54) is 11.8 Å². The Morgan fingerprint density at radius 3 is 2.44 bits per heavy atom. The number of amides is 1. The summed E-state index contributed by atoms with van der Waals surface area (Å²) >= 11 is 3.04. The van der Waals surface area contributed by atoms with Gasteiger partial charge < -0.3 is 9.64 Å². The second kappa shape index (κ2) is 8.41. The Morgan fingerprint density at radius 1 is 0.938 bits per heavy atom. The van der Waals surface area contributed by atoms with Crippen molar-refractivity contribution >= 4 is 51.7 Å². The maximum absolute atomic E-state index is 13.7. The van der Waals surface area contributed by atoms with Crippen LogP contribution in [0.1, 0.15) is 5.56 Å². The van der Waals surface area contributed by atoms with Crippen LogP contribution in [0.2, 0.25) is 0 Å². The van der Waals surface area contributed by atoms with Crippen LogP contribution in [0, 0.1) is 6.92 Å². The molecule has 0 N–H and O–H groups in total.